The van der Waals surface area contributed by atoms with Crippen molar-refractivity contribution in [1.82, 2.24) is 4.90 Å². The summed E-state index contributed by atoms with van der Waals surface area (Å²) in [4.78, 5) is 26.7. The molecule has 0 radical (unpaired) electrons. The molecule has 1 aliphatic carbocycles. The second-order valence-corrected chi connectivity index (χ2v) is 6.89. The van der Waals surface area contributed by atoms with Crippen LogP contribution in [0.1, 0.15) is 57.4 Å². The predicted octanol–water partition coefficient (Wildman–Crippen LogP) is 4.14. The number of nitrogens with one attached hydrogen (secondary N) is 1. The number of hydrogen-bond acceptors (Lipinski definition) is 2. The lowest BCUT2D eigenvalue weighted by molar-refractivity contribution is -0.135. The molecule has 0 saturated heterocycles. The van der Waals surface area contributed by atoms with E-state index in [0.29, 0.717) is 18.9 Å². The lowest BCUT2D eigenvalue weighted by Gasteiger charge is -2.26. The van der Waals surface area contributed by atoms with E-state index in [4.69, 9.17) is 0 Å². The molecule has 0 unspecified atom stereocenters. The molecule has 0 aromatic heterocycles. The van der Waals surface area contributed by atoms with Crippen LogP contribution < -0.4 is 5.32 Å². The summed E-state index contributed by atoms with van der Waals surface area (Å²) in [5, 5.41) is 2.92. The first-order valence-corrected chi connectivity index (χ1v) is 9.23. The van der Waals surface area contributed by atoms with Crippen molar-refractivity contribution in [3.8, 4) is 0 Å². The van der Waals surface area contributed by atoms with Gasteiger partial charge in [0.15, 0.2) is 0 Å². The van der Waals surface area contributed by atoms with Crippen LogP contribution in [0.25, 0.3) is 0 Å². The van der Waals surface area contributed by atoms with Gasteiger partial charge in [0.05, 0.1) is 6.54 Å². The van der Waals surface area contributed by atoms with Gasteiger partial charge in [-0.15, -0.1) is 0 Å². The number of rotatable bonds is 7. The Hall–Kier alpha value is -1.84. The molecule has 1 aromatic rings. The van der Waals surface area contributed by atoms with Crippen LogP contribution in [0, 0.1) is 12.8 Å². The first-order valence-electron chi connectivity index (χ1n) is 9.23. The Morgan fingerprint density at radius 2 is 1.88 bits per heavy atom. The molecule has 2 amide bonds. The van der Waals surface area contributed by atoms with Crippen LogP contribution in [0.5, 0.6) is 0 Å². The fraction of sp³-hybridized carbons (Fsp3) is 0.600. The van der Waals surface area contributed by atoms with Gasteiger partial charge in [-0.05, 0) is 43.7 Å². The Morgan fingerprint density at radius 3 is 2.54 bits per heavy atom. The van der Waals surface area contributed by atoms with Crippen LogP contribution in [-0.2, 0) is 9.59 Å². The van der Waals surface area contributed by atoms with Gasteiger partial charge in [0.25, 0.3) is 0 Å². The van der Waals surface area contributed by atoms with Gasteiger partial charge in [0.2, 0.25) is 11.8 Å². The van der Waals surface area contributed by atoms with Crippen LogP contribution in [0.2, 0.25) is 0 Å². The van der Waals surface area contributed by atoms with Gasteiger partial charge < -0.3 is 10.2 Å². The maximum absolute atomic E-state index is 12.6. The number of aryl methyl sites for hydroxylation is 1. The number of anilines is 1. The molecule has 0 bridgehead atoms. The maximum Gasteiger partial charge on any atom is 0.244 e. The molecule has 0 spiro atoms. The second kappa shape index (κ2) is 9.45. The van der Waals surface area contributed by atoms with Crippen molar-refractivity contribution in [2.45, 2.75) is 58.8 Å². The van der Waals surface area contributed by atoms with E-state index >= 15 is 0 Å². The van der Waals surface area contributed by atoms with Crippen molar-refractivity contribution in [1.29, 1.82) is 0 Å². The van der Waals surface area contributed by atoms with Gasteiger partial charge in [-0.2, -0.15) is 0 Å². The van der Waals surface area contributed by atoms with E-state index in [1.807, 2.05) is 38.1 Å². The Kier molecular flexibility index (Phi) is 7.29. The third kappa shape index (κ3) is 5.66. The van der Waals surface area contributed by atoms with Gasteiger partial charge in [-0.25, -0.2) is 0 Å². The molecule has 132 valence electrons. The maximum atomic E-state index is 12.6. The van der Waals surface area contributed by atoms with E-state index in [2.05, 4.69) is 5.32 Å². The predicted molar refractivity (Wildman–Crippen MR) is 97.9 cm³/mol. The molecule has 2 rings (SSSR count). The van der Waals surface area contributed by atoms with Gasteiger partial charge >= 0.3 is 0 Å². The van der Waals surface area contributed by atoms with Crippen LogP contribution in [0.4, 0.5) is 5.69 Å². The quantitative estimate of drug-likeness (QED) is 0.817. The van der Waals surface area contributed by atoms with Crippen molar-refractivity contribution >= 4 is 17.5 Å². The highest BCUT2D eigenvalue weighted by molar-refractivity contribution is 5.95. The standard InChI is InChI=1S/C20H30N2O2/c1-3-13-22(20(24)14-17-10-5-4-6-11-17)15-19(23)21-18-12-8-7-9-16(18)2/h7-9,12,17H,3-6,10-11,13-15H2,1-2H3,(H,21,23). The third-order valence-electron chi connectivity index (χ3n) is 4.79. The molecule has 0 aliphatic heterocycles. The van der Waals surface area contributed by atoms with Crippen molar-refractivity contribution in [3.05, 3.63) is 29.8 Å². The van der Waals surface area contributed by atoms with E-state index in [0.717, 1.165) is 30.5 Å². The summed E-state index contributed by atoms with van der Waals surface area (Å²) in [6.07, 6.45) is 7.54. The lowest BCUT2D eigenvalue weighted by atomic mass is 9.86. The highest BCUT2D eigenvalue weighted by atomic mass is 16.2. The summed E-state index contributed by atoms with van der Waals surface area (Å²) in [6, 6.07) is 7.71. The molecule has 0 atom stereocenters. The smallest absolute Gasteiger partial charge is 0.244 e. The highest BCUT2D eigenvalue weighted by Crippen LogP contribution is 2.26. The average molecular weight is 330 g/mol. The normalized spacial score (nSPS) is 15.1. The number of amides is 2. The number of hydrogen-bond donors (Lipinski definition) is 1. The first-order chi connectivity index (χ1) is 11.6. The van der Waals surface area contributed by atoms with Gasteiger partial charge in [-0.1, -0.05) is 44.4 Å². The molecule has 1 aliphatic rings. The van der Waals surface area contributed by atoms with Crippen molar-refractivity contribution < 1.29 is 9.59 Å². The van der Waals surface area contributed by atoms with E-state index in [1.165, 1.54) is 19.3 Å². The first kappa shape index (κ1) is 18.5. The number of nitrogens with zero attached hydrogens (tertiary/aromatic N) is 1. The fourth-order valence-corrected chi connectivity index (χ4v) is 3.41. The molecule has 4 nitrogen and oxygen atoms in total. The van der Waals surface area contributed by atoms with Crippen LogP contribution in [-0.4, -0.2) is 29.8 Å². The molecular formula is C20H30N2O2. The van der Waals surface area contributed by atoms with Gasteiger partial charge in [0, 0.05) is 18.7 Å². The number of carbonyl (C=O) groups excluding carboxylic acids is 2. The molecular weight excluding hydrogens is 300 g/mol. The SMILES string of the molecule is CCCN(CC(=O)Nc1ccccc1C)C(=O)CC1CCCCC1. The van der Waals surface area contributed by atoms with Gasteiger partial charge in [-0.3, -0.25) is 9.59 Å². The molecule has 24 heavy (non-hydrogen) atoms. The highest BCUT2D eigenvalue weighted by Gasteiger charge is 2.22. The lowest BCUT2D eigenvalue weighted by Crippen LogP contribution is -2.39. The Morgan fingerprint density at radius 1 is 1.17 bits per heavy atom. The van der Waals surface area contributed by atoms with E-state index in [9.17, 15) is 9.59 Å². The average Bonchev–Trinajstić information content (AvgIpc) is 2.57. The number of carbonyl (C=O) groups is 2. The zero-order chi connectivity index (χ0) is 17.4. The summed E-state index contributed by atoms with van der Waals surface area (Å²) in [6.45, 7) is 4.80. The van der Waals surface area contributed by atoms with Crippen LogP contribution >= 0.6 is 0 Å². The summed E-state index contributed by atoms with van der Waals surface area (Å²) in [7, 11) is 0. The van der Waals surface area contributed by atoms with Crippen LogP contribution in [0.15, 0.2) is 24.3 Å². The van der Waals surface area contributed by atoms with E-state index < -0.39 is 0 Å². The van der Waals surface area contributed by atoms with Crippen molar-refractivity contribution in [2.24, 2.45) is 5.92 Å². The fourth-order valence-electron chi connectivity index (χ4n) is 3.41. The van der Waals surface area contributed by atoms with E-state index in [-0.39, 0.29) is 18.4 Å². The van der Waals surface area contributed by atoms with Crippen molar-refractivity contribution in [3.63, 3.8) is 0 Å². The van der Waals surface area contributed by atoms with Crippen LogP contribution in [0.3, 0.4) is 0 Å². The molecule has 0 heterocycles. The summed E-state index contributed by atoms with van der Waals surface area (Å²) in [5.41, 5.74) is 1.85. The monoisotopic (exact) mass is 330 g/mol. The Bertz CT molecular complexity index is 550. The largest absolute Gasteiger partial charge is 0.333 e. The summed E-state index contributed by atoms with van der Waals surface area (Å²) >= 11 is 0. The van der Waals surface area contributed by atoms with E-state index in [1.54, 1.807) is 4.90 Å². The second-order valence-electron chi connectivity index (χ2n) is 6.89. The molecule has 4 heteroatoms. The third-order valence-corrected chi connectivity index (χ3v) is 4.79. The number of benzene rings is 1. The Labute approximate surface area is 145 Å². The van der Waals surface area contributed by atoms with Crippen molar-refractivity contribution in [2.75, 3.05) is 18.4 Å². The zero-order valence-corrected chi connectivity index (χ0v) is 15.0. The van der Waals surface area contributed by atoms with Gasteiger partial charge in [0.1, 0.15) is 0 Å². The number of para-hydroxylation sites is 1. The molecule has 1 aromatic carbocycles. The minimum Gasteiger partial charge on any atom is -0.333 e. The summed E-state index contributed by atoms with van der Waals surface area (Å²) in [5.74, 6) is 0.517. The molecule has 1 saturated carbocycles. The minimum absolute atomic E-state index is 0.116. The molecule has 1 N–H and O–H groups in total. The topological polar surface area (TPSA) is 49.4 Å². The molecule has 1 fully saturated rings. The Balaban J connectivity index is 1.90. The summed E-state index contributed by atoms with van der Waals surface area (Å²) < 4.78 is 0. The zero-order valence-electron chi connectivity index (χ0n) is 15.0. The minimum atomic E-state index is -0.116.